The Morgan fingerprint density at radius 2 is 1.86 bits per heavy atom. The van der Waals surface area contributed by atoms with Gasteiger partial charge in [0.15, 0.2) is 9.84 Å². The van der Waals surface area contributed by atoms with E-state index in [9.17, 15) is 8.42 Å². The predicted molar refractivity (Wildman–Crippen MR) is 60.0 cm³/mol. The van der Waals surface area contributed by atoms with Gasteiger partial charge in [-0.3, -0.25) is 0 Å². The summed E-state index contributed by atoms with van der Waals surface area (Å²) in [6.07, 6.45) is 0. The standard InChI is InChI=1S/C9H11NO2S2/c1-7-2-4-8(5-3-7)14(11,12)6-9(10)13/h2-5H,6H2,1H3,(H2,10,13). The number of nitrogens with two attached hydrogens (primary N) is 1. The number of sulfone groups is 1. The van der Waals surface area contributed by atoms with Crippen molar-refractivity contribution in [3.63, 3.8) is 0 Å². The minimum Gasteiger partial charge on any atom is -0.392 e. The fourth-order valence-corrected chi connectivity index (χ4v) is 2.57. The summed E-state index contributed by atoms with van der Waals surface area (Å²) < 4.78 is 23.2. The van der Waals surface area contributed by atoms with Gasteiger partial charge < -0.3 is 5.73 Å². The molecule has 0 aliphatic heterocycles. The second-order valence-corrected chi connectivity index (χ2v) is 5.55. The quantitative estimate of drug-likeness (QED) is 0.787. The van der Waals surface area contributed by atoms with Crippen LogP contribution < -0.4 is 5.73 Å². The van der Waals surface area contributed by atoms with Gasteiger partial charge in [-0.05, 0) is 19.1 Å². The molecule has 0 bridgehead atoms. The molecule has 0 atom stereocenters. The SMILES string of the molecule is Cc1ccc(S(=O)(=O)CC(N)=S)cc1. The molecule has 0 aliphatic rings. The van der Waals surface area contributed by atoms with Gasteiger partial charge in [0, 0.05) is 0 Å². The maximum Gasteiger partial charge on any atom is 0.184 e. The maximum absolute atomic E-state index is 11.6. The summed E-state index contributed by atoms with van der Waals surface area (Å²) in [4.78, 5) is 0.251. The summed E-state index contributed by atoms with van der Waals surface area (Å²) in [6.45, 7) is 1.89. The highest BCUT2D eigenvalue weighted by Gasteiger charge is 2.14. The highest BCUT2D eigenvalue weighted by atomic mass is 32.2. The van der Waals surface area contributed by atoms with E-state index in [-0.39, 0.29) is 15.6 Å². The Balaban J connectivity index is 3.05. The minimum absolute atomic E-state index is 0.00873. The average Bonchev–Trinajstić information content (AvgIpc) is 2.02. The maximum atomic E-state index is 11.6. The van der Waals surface area contributed by atoms with Crippen LogP contribution in [0.1, 0.15) is 5.56 Å². The van der Waals surface area contributed by atoms with Crippen molar-refractivity contribution < 1.29 is 8.42 Å². The van der Waals surface area contributed by atoms with Crippen LogP contribution in [0.3, 0.4) is 0 Å². The van der Waals surface area contributed by atoms with E-state index < -0.39 is 9.84 Å². The number of benzene rings is 1. The van der Waals surface area contributed by atoms with Gasteiger partial charge in [0.05, 0.1) is 9.88 Å². The third-order valence-electron chi connectivity index (χ3n) is 1.71. The molecule has 1 aromatic rings. The first-order valence-electron chi connectivity index (χ1n) is 3.99. The molecule has 0 aromatic heterocycles. The third kappa shape index (κ3) is 2.78. The summed E-state index contributed by atoms with van der Waals surface area (Å²) in [7, 11) is -3.34. The molecule has 0 aliphatic carbocycles. The van der Waals surface area contributed by atoms with Crippen LogP contribution in [0.2, 0.25) is 0 Å². The monoisotopic (exact) mass is 229 g/mol. The molecular formula is C9H11NO2S2. The zero-order valence-corrected chi connectivity index (χ0v) is 9.36. The molecule has 14 heavy (non-hydrogen) atoms. The van der Waals surface area contributed by atoms with Crippen LogP contribution in [0.25, 0.3) is 0 Å². The van der Waals surface area contributed by atoms with Gasteiger partial charge in [-0.25, -0.2) is 8.42 Å². The first-order valence-corrected chi connectivity index (χ1v) is 6.05. The van der Waals surface area contributed by atoms with E-state index in [4.69, 9.17) is 5.73 Å². The summed E-state index contributed by atoms with van der Waals surface area (Å²) in [6, 6.07) is 6.60. The van der Waals surface area contributed by atoms with Gasteiger partial charge in [-0.1, -0.05) is 29.9 Å². The molecule has 1 rings (SSSR count). The van der Waals surface area contributed by atoms with Gasteiger partial charge in [-0.15, -0.1) is 0 Å². The van der Waals surface area contributed by atoms with Crippen LogP contribution in [0.5, 0.6) is 0 Å². The number of thiocarbonyl (C=S) groups is 1. The Hall–Kier alpha value is -0.940. The zero-order chi connectivity index (χ0) is 10.8. The lowest BCUT2D eigenvalue weighted by atomic mass is 10.2. The topological polar surface area (TPSA) is 60.2 Å². The second-order valence-electron chi connectivity index (χ2n) is 3.04. The average molecular weight is 229 g/mol. The molecule has 0 fully saturated rings. The van der Waals surface area contributed by atoms with Gasteiger partial charge in [0.25, 0.3) is 0 Å². The largest absolute Gasteiger partial charge is 0.392 e. The van der Waals surface area contributed by atoms with E-state index in [0.29, 0.717) is 0 Å². The summed E-state index contributed by atoms with van der Waals surface area (Å²) in [5, 5.41) is 0. The highest BCUT2D eigenvalue weighted by Crippen LogP contribution is 2.11. The molecule has 0 unspecified atom stereocenters. The Bertz CT molecular complexity index is 434. The fourth-order valence-electron chi connectivity index (χ4n) is 1.02. The van der Waals surface area contributed by atoms with E-state index in [0.717, 1.165) is 5.56 Å². The molecular weight excluding hydrogens is 218 g/mol. The zero-order valence-electron chi connectivity index (χ0n) is 7.73. The lowest BCUT2D eigenvalue weighted by Gasteiger charge is -2.02. The van der Waals surface area contributed by atoms with E-state index in [1.165, 1.54) is 0 Å². The van der Waals surface area contributed by atoms with Crippen molar-refractivity contribution >= 4 is 27.0 Å². The summed E-state index contributed by atoms with van der Waals surface area (Å²) in [5.74, 6) is -0.272. The molecule has 0 radical (unpaired) electrons. The molecule has 0 saturated heterocycles. The number of hydrogen-bond acceptors (Lipinski definition) is 3. The highest BCUT2D eigenvalue weighted by molar-refractivity contribution is 7.94. The van der Waals surface area contributed by atoms with Crippen molar-refractivity contribution in [3.05, 3.63) is 29.8 Å². The number of rotatable bonds is 3. The molecule has 3 nitrogen and oxygen atoms in total. The lowest BCUT2D eigenvalue weighted by molar-refractivity contribution is 0.600. The van der Waals surface area contributed by atoms with Crippen LogP contribution in [-0.4, -0.2) is 19.2 Å². The first kappa shape index (κ1) is 11.1. The van der Waals surface area contributed by atoms with Gasteiger partial charge >= 0.3 is 0 Å². The van der Waals surface area contributed by atoms with Crippen LogP contribution in [0, 0.1) is 6.92 Å². The van der Waals surface area contributed by atoms with Crippen molar-refractivity contribution in [1.29, 1.82) is 0 Å². The molecule has 0 heterocycles. The Kier molecular flexibility index (Phi) is 3.23. The van der Waals surface area contributed by atoms with Gasteiger partial charge in [0.1, 0.15) is 5.75 Å². The van der Waals surface area contributed by atoms with Gasteiger partial charge in [-0.2, -0.15) is 0 Å². The lowest BCUT2D eigenvalue weighted by Crippen LogP contribution is -2.21. The first-order chi connectivity index (χ1) is 6.42. The van der Waals surface area contributed by atoms with Crippen LogP contribution in [0.4, 0.5) is 0 Å². The van der Waals surface area contributed by atoms with Crippen molar-refractivity contribution in [2.24, 2.45) is 5.73 Å². The Morgan fingerprint density at radius 1 is 1.36 bits per heavy atom. The van der Waals surface area contributed by atoms with Crippen LogP contribution in [-0.2, 0) is 9.84 Å². The van der Waals surface area contributed by atoms with E-state index >= 15 is 0 Å². The minimum atomic E-state index is -3.34. The van der Waals surface area contributed by atoms with E-state index in [2.05, 4.69) is 12.2 Å². The van der Waals surface area contributed by atoms with E-state index in [1.54, 1.807) is 24.3 Å². The molecule has 5 heteroatoms. The molecule has 0 amide bonds. The van der Waals surface area contributed by atoms with E-state index in [1.807, 2.05) is 6.92 Å². The number of hydrogen-bond donors (Lipinski definition) is 1. The molecule has 76 valence electrons. The van der Waals surface area contributed by atoms with Crippen molar-refractivity contribution in [1.82, 2.24) is 0 Å². The summed E-state index contributed by atoms with van der Waals surface area (Å²) in [5.41, 5.74) is 6.21. The normalized spacial score (nSPS) is 11.2. The van der Waals surface area contributed by atoms with Crippen LogP contribution >= 0.6 is 12.2 Å². The fraction of sp³-hybridized carbons (Fsp3) is 0.222. The molecule has 0 spiro atoms. The third-order valence-corrected chi connectivity index (χ3v) is 3.72. The summed E-state index contributed by atoms with van der Waals surface area (Å²) >= 11 is 4.57. The van der Waals surface area contributed by atoms with Crippen molar-refractivity contribution in [2.75, 3.05) is 5.75 Å². The molecule has 1 aromatic carbocycles. The van der Waals surface area contributed by atoms with Gasteiger partial charge in [0.2, 0.25) is 0 Å². The molecule has 0 saturated carbocycles. The predicted octanol–water partition coefficient (Wildman–Crippen LogP) is 1.05. The van der Waals surface area contributed by atoms with Crippen LogP contribution in [0.15, 0.2) is 29.2 Å². The Morgan fingerprint density at radius 3 is 2.29 bits per heavy atom. The Labute approximate surface area is 88.9 Å². The molecule has 2 N–H and O–H groups in total. The smallest absolute Gasteiger partial charge is 0.184 e. The van der Waals surface area contributed by atoms with Crippen molar-refractivity contribution in [3.8, 4) is 0 Å². The second kappa shape index (κ2) is 4.06. The van der Waals surface area contributed by atoms with Crippen molar-refractivity contribution in [2.45, 2.75) is 11.8 Å². The number of aryl methyl sites for hydroxylation is 1.